The van der Waals surface area contributed by atoms with Crippen molar-refractivity contribution in [2.24, 2.45) is 5.92 Å². The Morgan fingerprint density at radius 3 is 2.58 bits per heavy atom. The van der Waals surface area contributed by atoms with Gasteiger partial charge in [-0.15, -0.1) is 0 Å². The van der Waals surface area contributed by atoms with Crippen LogP contribution in [-0.2, 0) is 26.1 Å². The highest BCUT2D eigenvalue weighted by Crippen LogP contribution is 2.52. The molecule has 1 aromatic carbocycles. The zero-order valence-electron chi connectivity index (χ0n) is 18.3. The van der Waals surface area contributed by atoms with Crippen molar-refractivity contribution in [1.82, 2.24) is 9.88 Å². The van der Waals surface area contributed by atoms with Gasteiger partial charge in [0.2, 0.25) is 0 Å². The van der Waals surface area contributed by atoms with E-state index in [0.29, 0.717) is 37.0 Å². The number of fused-ring (bicyclic) bond motifs is 5. The maximum Gasteiger partial charge on any atom is 0.418 e. The highest BCUT2D eigenvalue weighted by atomic mass is 16.5. The molecule has 168 valence electrons. The van der Waals surface area contributed by atoms with Crippen LogP contribution in [0.4, 0.5) is 4.79 Å². The van der Waals surface area contributed by atoms with Gasteiger partial charge in [0.1, 0.15) is 11.0 Å². The zero-order valence-corrected chi connectivity index (χ0v) is 18.3. The predicted octanol–water partition coefficient (Wildman–Crippen LogP) is 1.72. The van der Waals surface area contributed by atoms with E-state index in [1.54, 1.807) is 0 Å². The highest BCUT2D eigenvalue weighted by Gasteiger charge is 2.64. The van der Waals surface area contributed by atoms with Crippen molar-refractivity contribution in [3.05, 3.63) is 35.5 Å². The minimum Gasteiger partial charge on any atom is -0.468 e. The van der Waals surface area contributed by atoms with Crippen LogP contribution < -0.4 is 5.32 Å². The third-order valence-electron chi connectivity index (χ3n) is 7.09. The number of carbonyl (C=O) groups is 2. The molecule has 4 rings (SSSR count). The highest BCUT2D eigenvalue weighted by molar-refractivity contribution is 5.98. The average molecular weight is 431 g/mol. The number of esters is 1. The molecular weight excluding hydrogens is 400 g/mol. The van der Waals surface area contributed by atoms with Crippen LogP contribution in [0.5, 0.6) is 0 Å². The van der Waals surface area contributed by atoms with Crippen molar-refractivity contribution in [2.75, 3.05) is 20.8 Å². The standard InChI is InChI=1S/C23H30N2O6/c1-13-11-22(20(27)30-3)18-16(9-10-24-19(22)23(29,12-13)14(2)26)15-7-5-6-8-17(15)25(18)21(28)31-4/h5-8,13-14,19,24,26,29H,9-12H2,1-4H3. The summed E-state index contributed by atoms with van der Waals surface area (Å²) in [5.74, 6) is -0.668. The quantitative estimate of drug-likeness (QED) is 0.623. The second kappa shape index (κ2) is 7.62. The van der Waals surface area contributed by atoms with Gasteiger partial charge in [-0.25, -0.2) is 9.36 Å². The lowest BCUT2D eigenvalue weighted by Crippen LogP contribution is -2.71. The molecule has 8 nitrogen and oxygen atoms in total. The normalized spacial score (nSPS) is 31.3. The van der Waals surface area contributed by atoms with Gasteiger partial charge in [-0.1, -0.05) is 25.1 Å². The van der Waals surface area contributed by atoms with Crippen molar-refractivity contribution < 1.29 is 29.3 Å². The molecule has 5 unspecified atom stereocenters. The fraction of sp³-hybridized carbons (Fsp3) is 0.565. The van der Waals surface area contributed by atoms with Crippen LogP contribution in [0.3, 0.4) is 0 Å². The van der Waals surface area contributed by atoms with Crippen LogP contribution in [0.25, 0.3) is 10.9 Å². The number of nitrogens with zero attached hydrogens (tertiary/aromatic N) is 1. The predicted molar refractivity (Wildman–Crippen MR) is 114 cm³/mol. The number of ether oxygens (including phenoxy) is 2. The van der Waals surface area contributed by atoms with Crippen LogP contribution in [0.15, 0.2) is 24.3 Å². The van der Waals surface area contributed by atoms with Crippen molar-refractivity contribution >= 4 is 23.0 Å². The Morgan fingerprint density at radius 2 is 1.94 bits per heavy atom. The Kier molecular flexibility index (Phi) is 5.36. The van der Waals surface area contributed by atoms with Crippen LogP contribution >= 0.6 is 0 Å². The third kappa shape index (κ3) is 2.92. The fourth-order valence-corrected chi connectivity index (χ4v) is 5.97. The first kappa shape index (κ1) is 21.8. The molecule has 1 saturated carbocycles. The number of rotatable bonds is 2. The summed E-state index contributed by atoms with van der Waals surface area (Å²) in [7, 11) is 2.61. The molecule has 1 aromatic heterocycles. The molecule has 2 aromatic rings. The number of aromatic nitrogens is 1. The molecule has 2 heterocycles. The van der Waals surface area contributed by atoms with Gasteiger partial charge in [-0.3, -0.25) is 4.79 Å². The maximum absolute atomic E-state index is 13.6. The smallest absolute Gasteiger partial charge is 0.418 e. The lowest BCUT2D eigenvalue weighted by atomic mass is 9.57. The molecule has 1 aliphatic carbocycles. The number of benzene rings is 1. The number of methoxy groups -OCH3 is 2. The molecule has 31 heavy (non-hydrogen) atoms. The van der Waals surface area contributed by atoms with Gasteiger partial charge >= 0.3 is 12.1 Å². The number of aliphatic hydroxyl groups excluding tert-OH is 1. The average Bonchev–Trinajstić information content (AvgIpc) is 2.98. The molecule has 5 atom stereocenters. The molecule has 8 heteroatoms. The summed E-state index contributed by atoms with van der Waals surface area (Å²) in [6.45, 7) is 3.93. The number of aliphatic hydroxyl groups is 2. The van der Waals surface area contributed by atoms with Crippen molar-refractivity contribution in [1.29, 1.82) is 0 Å². The minimum atomic E-state index is -1.59. The summed E-state index contributed by atoms with van der Waals surface area (Å²) in [5, 5.41) is 26.5. The Morgan fingerprint density at radius 1 is 1.23 bits per heavy atom. The van der Waals surface area contributed by atoms with Gasteiger partial charge in [-0.2, -0.15) is 0 Å². The molecule has 2 aliphatic rings. The summed E-state index contributed by atoms with van der Waals surface area (Å²) in [6.07, 6.45) is -0.504. The molecule has 3 N–H and O–H groups in total. The fourth-order valence-electron chi connectivity index (χ4n) is 5.97. The van der Waals surface area contributed by atoms with Gasteiger partial charge in [-0.05, 0) is 50.3 Å². The van der Waals surface area contributed by atoms with Crippen LogP contribution in [0, 0.1) is 5.92 Å². The van der Waals surface area contributed by atoms with E-state index in [0.717, 1.165) is 10.9 Å². The van der Waals surface area contributed by atoms with Gasteiger partial charge in [0, 0.05) is 5.39 Å². The number of hydrogen-bond donors (Lipinski definition) is 3. The first-order chi connectivity index (χ1) is 14.7. The molecular formula is C23H30N2O6. The molecule has 0 saturated heterocycles. The second-order valence-corrected chi connectivity index (χ2v) is 8.93. The first-order valence-electron chi connectivity index (χ1n) is 10.7. The van der Waals surface area contributed by atoms with Gasteiger partial charge in [0.05, 0.1) is 37.6 Å². The maximum atomic E-state index is 13.6. The second-order valence-electron chi connectivity index (χ2n) is 8.93. The lowest BCUT2D eigenvalue weighted by molar-refractivity contribution is -0.173. The molecule has 1 aliphatic heterocycles. The topological polar surface area (TPSA) is 110 Å². The Hall–Kier alpha value is -2.42. The Bertz CT molecular complexity index is 1030. The van der Waals surface area contributed by atoms with E-state index in [1.807, 2.05) is 31.2 Å². The van der Waals surface area contributed by atoms with E-state index in [-0.39, 0.29) is 5.92 Å². The molecule has 1 fully saturated rings. The Balaban J connectivity index is 2.15. The van der Waals surface area contributed by atoms with Crippen LogP contribution in [0.1, 0.15) is 37.9 Å². The summed E-state index contributed by atoms with van der Waals surface area (Å²) in [5.41, 5.74) is -1.01. The summed E-state index contributed by atoms with van der Waals surface area (Å²) in [6, 6.07) is 6.61. The molecule has 0 spiro atoms. The van der Waals surface area contributed by atoms with E-state index in [4.69, 9.17) is 9.47 Å². The van der Waals surface area contributed by atoms with Crippen LogP contribution in [-0.4, -0.2) is 65.4 Å². The number of nitrogens with one attached hydrogen (secondary N) is 1. The zero-order chi connectivity index (χ0) is 22.6. The number of para-hydroxylation sites is 1. The first-order valence-corrected chi connectivity index (χ1v) is 10.7. The monoisotopic (exact) mass is 430 g/mol. The van der Waals surface area contributed by atoms with E-state index >= 15 is 0 Å². The summed E-state index contributed by atoms with van der Waals surface area (Å²) in [4.78, 5) is 26.6. The Labute approximate surface area is 181 Å². The summed E-state index contributed by atoms with van der Waals surface area (Å²) < 4.78 is 11.9. The largest absolute Gasteiger partial charge is 0.468 e. The van der Waals surface area contributed by atoms with E-state index in [2.05, 4.69) is 5.32 Å². The SMILES string of the molecule is COC(=O)n1c2c(c3ccccc31)CCNC1C2(C(=O)OC)CC(C)CC1(O)C(C)O. The lowest BCUT2D eigenvalue weighted by Gasteiger charge is -2.53. The summed E-state index contributed by atoms with van der Waals surface area (Å²) >= 11 is 0. The van der Waals surface area contributed by atoms with Gasteiger partial charge in [0.15, 0.2) is 0 Å². The van der Waals surface area contributed by atoms with E-state index in [9.17, 15) is 19.8 Å². The molecule has 0 amide bonds. The minimum absolute atomic E-state index is 0.119. The van der Waals surface area contributed by atoms with Gasteiger partial charge < -0.3 is 25.0 Å². The molecule has 0 bridgehead atoms. The van der Waals surface area contributed by atoms with Crippen molar-refractivity contribution in [3.8, 4) is 0 Å². The van der Waals surface area contributed by atoms with Crippen LogP contribution in [0.2, 0.25) is 0 Å². The number of hydrogen-bond acceptors (Lipinski definition) is 7. The number of carbonyl (C=O) groups excluding carboxylic acids is 2. The van der Waals surface area contributed by atoms with E-state index < -0.39 is 35.2 Å². The molecule has 0 radical (unpaired) electrons. The van der Waals surface area contributed by atoms with Gasteiger partial charge in [0.25, 0.3) is 0 Å². The van der Waals surface area contributed by atoms with Crippen molar-refractivity contribution in [2.45, 2.75) is 56.3 Å². The van der Waals surface area contributed by atoms with E-state index in [1.165, 1.54) is 25.7 Å². The van der Waals surface area contributed by atoms with Crippen molar-refractivity contribution in [3.63, 3.8) is 0 Å². The third-order valence-corrected chi connectivity index (χ3v) is 7.09.